The van der Waals surface area contributed by atoms with Gasteiger partial charge in [0, 0.05) is 23.7 Å². The molecule has 2 N–H and O–H groups in total. The SMILES string of the molecule is CC(C)(C)Nc1nc(NCc2ccccc2F)cc(C(F)(F)F)n1. The minimum absolute atomic E-state index is 0.00986. The summed E-state index contributed by atoms with van der Waals surface area (Å²) in [4.78, 5) is 7.52. The number of nitrogens with zero attached hydrogens (tertiary/aromatic N) is 2. The predicted molar refractivity (Wildman–Crippen MR) is 84.1 cm³/mol. The molecule has 0 aliphatic rings. The first kappa shape index (κ1) is 18.0. The molecule has 0 spiro atoms. The fraction of sp³-hybridized carbons (Fsp3) is 0.375. The summed E-state index contributed by atoms with van der Waals surface area (Å²) in [5, 5.41) is 5.52. The molecule has 0 aliphatic carbocycles. The smallest absolute Gasteiger partial charge is 0.366 e. The van der Waals surface area contributed by atoms with E-state index in [0.717, 1.165) is 6.07 Å². The van der Waals surface area contributed by atoms with Crippen LogP contribution in [0, 0.1) is 5.82 Å². The molecule has 0 fully saturated rings. The maximum Gasteiger partial charge on any atom is 0.433 e. The van der Waals surface area contributed by atoms with Gasteiger partial charge in [-0.1, -0.05) is 18.2 Å². The first-order valence-corrected chi connectivity index (χ1v) is 7.26. The van der Waals surface area contributed by atoms with Crippen LogP contribution in [0.3, 0.4) is 0 Å². The van der Waals surface area contributed by atoms with Gasteiger partial charge in [0.25, 0.3) is 0 Å². The second kappa shape index (κ2) is 6.62. The molecule has 130 valence electrons. The third-order valence-corrected chi connectivity index (χ3v) is 2.92. The number of anilines is 2. The summed E-state index contributed by atoms with van der Waals surface area (Å²) in [5.74, 6) is -0.621. The lowest BCUT2D eigenvalue weighted by Gasteiger charge is -2.21. The second-order valence-electron chi connectivity index (χ2n) is 6.28. The lowest BCUT2D eigenvalue weighted by Crippen LogP contribution is -2.28. The minimum atomic E-state index is -4.61. The molecule has 0 unspecified atom stereocenters. The molecule has 0 aliphatic heterocycles. The van der Waals surface area contributed by atoms with Gasteiger partial charge in [-0.25, -0.2) is 9.37 Å². The summed E-state index contributed by atoms with van der Waals surface area (Å²) < 4.78 is 52.6. The van der Waals surface area contributed by atoms with Crippen molar-refractivity contribution in [1.29, 1.82) is 0 Å². The van der Waals surface area contributed by atoms with E-state index >= 15 is 0 Å². The Kier molecular flexibility index (Phi) is 4.96. The molecule has 0 saturated heterocycles. The lowest BCUT2D eigenvalue weighted by molar-refractivity contribution is -0.141. The van der Waals surface area contributed by atoms with Crippen molar-refractivity contribution in [3.05, 3.63) is 47.4 Å². The Morgan fingerprint density at radius 3 is 2.29 bits per heavy atom. The molecular weight excluding hydrogens is 324 g/mol. The Morgan fingerprint density at radius 2 is 1.71 bits per heavy atom. The zero-order valence-electron chi connectivity index (χ0n) is 13.5. The summed E-state index contributed by atoms with van der Waals surface area (Å²) >= 11 is 0. The number of hydrogen-bond donors (Lipinski definition) is 2. The van der Waals surface area contributed by atoms with Gasteiger partial charge in [-0.05, 0) is 26.8 Å². The highest BCUT2D eigenvalue weighted by Gasteiger charge is 2.34. The second-order valence-corrected chi connectivity index (χ2v) is 6.28. The molecule has 1 aromatic carbocycles. The molecule has 1 heterocycles. The van der Waals surface area contributed by atoms with Gasteiger partial charge in [-0.3, -0.25) is 0 Å². The largest absolute Gasteiger partial charge is 0.433 e. The highest BCUT2D eigenvalue weighted by molar-refractivity contribution is 5.44. The molecule has 4 nitrogen and oxygen atoms in total. The van der Waals surface area contributed by atoms with Crippen molar-refractivity contribution in [3.63, 3.8) is 0 Å². The van der Waals surface area contributed by atoms with Crippen LogP contribution in [0.1, 0.15) is 32.0 Å². The number of rotatable bonds is 4. The van der Waals surface area contributed by atoms with Gasteiger partial charge in [0.2, 0.25) is 5.95 Å². The van der Waals surface area contributed by atoms with Crippen molar-refractivity contribution in [3.8, 4) is 0 Å². The standard InChI is InChI=1S/C16H18F4N4/c1-15(2,3)24-14-22-12(16(18,19)20)8-13(23-14)21-9-10-6-4-5-7-11(10)17/h4-8H,9H2,1-3H3,(H2,21,22,23,24). The highest BCUT2D eigenvalue weighted by atomic mass is 19.4. The van der Waals surface area contributed by atoms with Crippen molar-refractivity contribution < 1.29 is 17.6 Å². The van der Waals surface area contributed by atoms with Gasteiger partial charge < -0.3 is 10.6 Å². The molecule has 2 rings (SSSR count). The predicted octanol–water partition coefficient (Wildman–Crippen LogP) is 4.46. The molecule has 0 bridgehead atoms. The molecule has 0 amide bonds. The summed E-state index contributed by atoms with van der Waals surface area (Å²) in [6, 6.07) is 6.81. The monoisotopic (exact) mass is 342 g/mol. The topological polar surface area (TPSA) is 49.8 Å². The number of halogens is 4. The molecule has 0 radical (unpaired) electrons. The number of aromatic nitrogens is 2. The van der Waals surface area contributed by atoms with Gasteiger partial charge in [0.05, 0.1) is 0 Å². The fourth-order valence-electron chi connectivity index (χ4n) is 1.90. The van der Waals surface area contributed by atoms with Crippen molar-refractivity contribution in [2.24, 2.45) is 0 Å². The van der Waals surface area contributed by atoms with E-state index in [4.69, 9.17) is 0 Å². The number of hydrogen-bond acceptors (Lipinski definition) is 4. The molecular formula is C16H18F4N4. The van der Waals surface area contributed by atoms with E-state index in [9.17, 15) is 17.6 Å². The Hall–Kier alpha value is -2.38. The average Bonchev–Trinajstić information content (AvgIpc) is 2.43. The Labute approximate surface area is 137 Å². The molecule has 0 saturated carbocycles. The van der Waals surface area contributed by atoms with Crippen LogP contribution in [0.15, 0.2) is 30.3 Å². The molecule has 24 heavy (non-hydrogen) atoms. The zero-order chi connectivity index (χ0) is 18.0. The van der Waals surface area contributed by atoms with Gasteiger partial charge in [-0.15, -0.1) is 0 Å². The number of benzene rings is 1. The lowest BCUT2D eigenvalue weighted by atomic mass is 10.1. The molecule has 1 aromatic heterocycles. The average molecular weight is 342 g/mol. The van der Waals surface area contributed by atoms with Crippen LogP contribution in [-0.4, -0.2) is 15.5 Å². The fourth-order valence-corrected chi connectivity index (χ4v) is 1.90. The summed E-state index contributed by atoms with van der Waals surface area (Å²) in [6.45, 7) is 5.35. The molecule has 0 atom stereocenters. The Morgan fingerprint density at radius 1 is 1.04 bits per heavy atom. The summed E-state index contributed by atoms with van der Waals surface area (Å²) in [5.41, 5.74) is -1.25. The van der Waals surface area contributed by atoms with Crippen molar-refractivity contribution in [2.45, 2.75) is 39.0 Å². The zero-order valence-corrected chi connectivity index (χ0v) is 13.5. The number of alkyl halides is 3. The van der Waals surface area contributed by atoms with E-state index in [1.807, 2.05) is 0 Å². The van der Waals surface area contributed by atoms with Crippen LogP contribution < -0.4 is 10.6 Å². The third kappa shape index (κ3) is 5.07. The normalized spacial score (nSPS) is 12.1. The summed E-state index contributed by atoms with van der Waals surface area (Å²) in [6.07, 6.45) is -4.61. The van der Waals surface area contributed by atoms with E-state index < -0.39 is 23.2 Å². The Balaban J connectivity index is 2.28. The van der Waals surface area contributed by atoms with Crippen LogP contribution >= 0.6 is 0 Å². The maximum atomic E-state index is 13.6. The first-order valence-electron chi connectivity index (χ1n) is 7.26. The van der Waals surface area contributed by atoms with E-state index in [1.165, 1.54) is 12.1 Å². The van der Waals surface area contributed by atoms with Crippen LogP contribution in [0.4, 0.5) is 29.3 Å². The first-order chi connectivity index (χ1) is 11.0. The van der Waals surface area contributed by atoms with Crippen molar-refractivity contribution in [2.75, 3.05) is 10.6 Å². The van der Waals surface area contributed by atoms with E-state index in [0.29, 0.717) is 5.56 Å². The van der Waals surface area contributed by atoms with Gasteiger partial charge in [0.1, 0.15) is 11.6 Å². The van der Waals surface area contributed by atoms with Gasteiger partial charge in [-0.2, -0.15) is 18.2 Å². The van der Waals surface area contributed by atoms with E-state index in [2.05, 4.69) is 20.6 Å². The number of nitrogens with one attached hydrogen (secondary N) is 2. The Bertz CT molecular complexity index is 708. The minimum Gasteiger partial charge on any atom is -0.366 e. The van der Waals surface area contributed by atoms with Crippen LogP contribution in [-0.2, 0) is 12.7 Å². The van der Waals surface area contributed by atoms with Gasteiger partial charge in [0.15, 0.2) is 5.69 Å². The quantitative estimate of drug-likeness (QED) is 0.806. The van der Waals surface area contributed by atoms with Crippen molar-refractivity contribution in [1.82, 2.24) is 9.97 Å². The van der Waals surface area contributed by atoms with Crippen LogP contribution in [0.25, 0.3) is 0 Å². The summed E-state index contributed by atoms with van der Waals surface area (Å²) in [7, 11) is 0. The molecule has 2 aromatic rings. The van der Waals surface area contributed by atoms with Crippen LogP contribution in [0.2, 0.25) is 0 Å². The van der Waals surface area contributed by atoms with Gasteiger partial charge >= 0.3 is 6.18 Å². The van der Waals surface area contributed by atoms with Crippen LogP contribution in [0.5, 0.6) is 0 Å². The molecule has 8 heteroatoms. The van der Waals surface area contributed by atoms with E-state index in [-0.39, 0.29) is 18.3 Å². The maximum absolute atomic E-state index is 13.6. The van der Waals surface area contributed by atoms with E-state index in [1.54, 1.807) is 32.9 Å². The van der Waals surface area contributed by atoms with Crippen molar-refractivity contribution >= 4 is 11.8 Å². The third-order valence-electron chi connectivity index (χ3n) is 2.92. The highest BCUT2D eigenvalue weighted by Crippen LogP contribution is 2.30.